The average molecular weight is 299 g/mol. The lowest BCUT2D eigenvalue weighted by Crippen LogP contribution is -2.40. The number of rotatable bonds is 3. The zero-order valence-electron chi connectivity index (χ0n) is 12.3. The summed E-state index contributed by atoms with van der Waals surface area (Å²) < 4.78 is 11.2. The van der Waals surface area contributed by atoms with Crippen LogP contribution in [0.4, 0.5) is 5.69 Å². The summed E-state index contributed by atoms with van der Waals surface area (Å²) in [6.45, 7) is 2.52. The van der Waals surface area contributed by atoms with E-state index >= 15 is 0 Å². The van der Waals surface area contributed by atoms with Crippen LogP contribution in [0.3, 0.4) is 0 Å². The first-order chi connectivity index (χ1) is 10.7. The van der Waals surface area contributed by atoms with Gasteiger partial charge in [0.25, 0.3) is 0 Å². The second-order valence-corrected chi connectivity index (χ2v) is 5.91. The SMILES string of the molecule is CCOC(=O)[C@@H]1[C@@H]2C=C[C@@]3(CN(c4ccccc4)C(=O)[C@H]13)O2. The highest BCUT2D eigenvalue weighted by molar-refractivity contribution is 6.02. The van der Waals surface area contributed by atoms with Crippen molar-refractivity contribution in [2.24, 2.45) is 11.8 Å². The number of ether oxygens (including phenoxy) is 2. The lowest BCUT2D eigenvalue weighted by Gasteiger charge is -2.22. The molecule has 1 amide bonds. The van der Waals surface area contributed by atoms with Crippen LogP contribution in [0.15, 0.2) is 42.5 Å². The molecule has 2 fully saturated rings. The maximum Gasteiger partial charge on any atom is 0.312 e. The Bertz CT molecular complexity index is 656. The summed E-state index contributed by atoms with van der Waals surface area (Å²) in [6, 6.07) is 9.49. The number of amides is 1. The van der Waals surface area contributed by atoms with Crippen molar-refractivity contribution in [1.29, 1.82) is 0 Å². The molecule has 4 atom stereocenters. The molecule has 22 heavy (non-hydrogen) atoms. The summed E-state index contributed by atoms with van der Waals surface area (Å²) in [7, 11) is 0. The lowest BCUT2D eigenvalue weighted by atomic mass is 9.77. The minimum atomic E-state index is -0.685. The van der Waals surface area contributed by atoms with Gasteiger partial charge in [0.05, 0.1) is 25.2 Å². The number of esters is 1. The van der Waals surface area contributed by atoms with Crippen molar-refractivity contribution in [2.75, 3.05) is 18.1 Å². The van der Waals surface area contributed by atoms with Crippen LogP contribution >= 0.6 is 0 Å². The molecule has 0 unspecified atom stereocenters. The Labute approximate surface area is 128 Å². The molecule has 1 aromatic rings. The van der Waals surface area contributed by atoms with Crippen LogP contribution in [0.2, 0.25) is 0 Å². The number of carbonyl (C=O) groups is 2. The second kappa shape index (κ2) is 4.68. The molecule has 5 nitrogen and oxygen atoms in total. The van der Waals surface area contributed by atoms with Crippen molar-refractivity contribution in [3.05, 3.63) is 42.5 Å². The summed E-state index contributed by atoms with van der Waals surface area (Å²) in [5.74, 6) is -1.42. The van der Waals surface area contributed by atoms with Gasteiger partial charge in [-0.1, -0.05) is 30.4 Å². The maximum atomic E-state index is 12.9. The van der Waals surface area contributed by atoms with E-state index in [4.69, 9.17) is 9.47 Å². The number of para-hydroxylation sites is 1. The topological polar surface area (TPSA) is 55.8 Å². The normalized spacial score (nSPS) is 35.0. The lowest BCUT2D eigenvalue weighted by molar-refractivity contribution is -0.151. The van der Waals surface area contributed by atoms with E-state index in [0.717, 1.165) is 5.69 Å². The van der Waals surface area contributed by atoms with Gasteiger partial charge in [-0.25, -0.2) is 0 Å². The monoisotopic (exact) mass is 299 g/mol. The molecule has 4 rings (SSSR count). The van der Waals surface area contributed by atoms with E-state index in [9.17, 15) is 9.59 Å². The molecule has 3 aliphatic heterocycles. The molecule has 2 saturated heterocycles. The smallest absolute Gasteiger partial charge is 0.312 e. The Balaban J connectivity index is 1.69. The first-order valence-corrected chi connectivity index (χ1v) is 7.56. The molecule has 0 radical (unpaired) electrons. The minimum Gasteiger partial charge on any atom is -0.466 e. The van der Waals surface area contributed by atoms with Gasteiger partial charge >= 0.3 is 5.97 Å². The third-order valence-electron chi connectivity index (χ3n) is 4.73. The largest absolute Gasteiger partial charge is 0.466 e. The molecule has 114 valence electrons. The van der Waals surface area contributed by atoms with Crippen molar-refractivity contribution < 1.29 is 19.1 Å². The fraction of sp³-hybridized carbons (Fsp3) is 0.412. The number of fused-ring (bicyclic) bond motifs is 1. The van der Waals surface area contributed by atoms with Gasteiger partial charge in [-0.05, 0) is 19.1 Å². The van der Waals surface area contributed by atoms with Gasteiger partial charge in [0, 0.05) is 5.69 Å². The highest BCUT2D eigenvalue weighted by Crippen LogP contribution is 2.52. The van der Waals surface area contributed by atoms with E-state index in [1.807, 2.05) is 42.5 Å². The molecule has 0 saturated carbocycles. The average Bonchev–Trinajstić information content (AvgIpc) is 3.17. The first kappa shape index (κ1) is 13.5. The molecular weight excluding hydrogens is 282 g/mol. The quantitative estimate of drug-likeness (QED) is 0.627. The molecule has 5 heteroatoms. The number of carbonyl (C=O) groups excluding carboxylic acids is 2. The van der Waals surface area contributed by atoms with Gasteiger partial charge in [0.2, 0.25) is 5.91 Å². The Morgan fingerprint density at radius 2 is 2.18 bits per heavy atom. The number of hydrogen-bond acceptors (Lipinski definition) is 4. The van der Waals surface area contributed by atoms with Crippen molar-refractivity contribution in [1.82, 2.24) is 0 Å². The third kappa shape index (κ3) is 1.69. The third-order valence-corrected chi connectivity index (χ3v) is 4.73. The number of anilines is 1. The van der Waals surface area contributed by atoms with E-state index in [1.54, 1.807) is 11.8 Å². The zero-order chi connectivity index (χ0) is 15.3. The van der Waals surface area contributed by atoms with E-state index in [-0.39, 0.29) is 18.0 Å². The summed E-state index contributed by atoms with van der Waals surface area (Å²) in [5, 5.41) is 0. The van der Waals surface area contributed by atoms with E-state index < -0.39 is 17.4 Å². The van der Waals surface area contributed by atoms with E-state index in [1.165, 1.54) is 0 Å². The summed E-state index contributed by atoms with van der Waals surface area (Å²) >= 11 is 0. The Kier molecular flexibility index (Phi) is 2.87. The molecule has 3 aliphatic rings. The fourth-order valence-electron chi connectivity index (χ4n) is 3.83. The standard InChI is InChI=1S/C17H17NO4/c1-2-21-16(20)13-12-8-9-17(22-12)10-18(15(19)14(13)17)11-6-4-3-5-7-11/h3-9,12-14H,2,10H2,1H3/t12-,13+,14-,17-/m0/s1. The van der Waals surface area contributed by atoms with Gasteiger partial charge < -0.3 is 14.4 Å². The zero-order valence-corrected chi connectivity index (χ0v) is 12.3. The van der Waals surface area contributed by atoms with Crippen molar-refractivity contribution in [3.8, 4) is 0 Å². The predicted octanol–water partition coefficient (Wildman–Crippen LogP) is 1.54. The van der Waals surface area contributed by atoms with Crippen LogP contribution in [0, 0.1) is 11.8 Å². The van der Waals surface area contributed by atoms with Gasteiger partial charge in [0.1, 0.15) is 11.5 Å². The Hall–Kier alpha value is -2.14. The van der Waals surface area contributed by atoms with Gasteiger partial charge in [-0.15, -0.1) is 0 Å². The summed E-state index contributed by atoms with van der Waals surface area (Å²) in [5.41, 5.74) is 0.147. The van der Waals surface area contributed by atoms with Gasteiger partial charge in [0.15, 0.2) is 0 Å². The molecule has 1 aromatic carbocycles. The predicted molar refractivity (Wildman–Crippen MR) is 79.2 cm³/mol. The van der Waals surface area contributed by atoms with E-state index in [0.29, 0.717) is 13.2 Å². The highest BCUT2D eigenvalue weighted by Gasteiger charge is 2.67. The molecular formula is C17H17NO4. The molecule has 3 heterocycles. The fourth-order valence-corrected chi connectivity index (χ4v) is 3.83. The van der Waals surface area contributed by atoms with E-state index in [2.05, 4.69) is 0 Å². The highest BCUT2D eigenvalue weighted by atomic mass is 16.6. The Morgan fingerprint density at radius 1 is 1.41 bits per heavy atom. The van der Waals surface area contributed by atoms with Gasteiger partial charge in [-0.2, -0.15) is 0 Å². The first-order valence-electron chi connectivity index (χ1n) is 7.56. The molecule has 0 aliphatic carbocycles. The van der Waals surface area contributed by atoms with Crippen LogP contribution in [-0.4, -0.2) is 36.7 Å². The summed E-state index contributed by atoms with van der Waals surface area (Å²) in [6.07, 6.45) is 3.49. The number of hydrogen-bond donors (Lipinski definition) is 0. The number of benzene rings is 1. The Morgan fingerprint density at radius 3 is 2.91 bits per heavy atom. The maximum absolute atomic E-state index is 12.9. The van der Waals surface area contributed by atoms with Crippen LogP contribution in [0.25, 0.3) is 0 Å². The van der Waals surface area contributed by atoms with Gasteiger partial charge in [-0.3, -0.25) is 9.59 Å². The second-order valence-electron chi connectivity index (χ2n) is 5.91. The molecule has 1 spiro atoms. The molecule has 0 aromatic heterocycles. The minimum absolute atomic E-state index is 0.0592. The van der Waals surface area contributed by atoms with Crippen molar-refractivity contribution >= 4 is 17.6 Å². The molecule has 0 N–H and O–H groups in total. The van der Waals surface area contributed by atoms with Crippen molar-refractivity contribution in [3.63, 3.8) is 0 Å². The van der Waals surface area contributed by atoms with Crippen LogP contribution in [0.1, 0.15) is 6.92 Å². The van der Waals surface area contributed by atoms with Crippen molar-refractivity contribution in [2.45, 2.75) is 18.6 Å². The van der Waals surface area contributed by atoms with Crippen LogP contribution < -0.4 is 4.90 Å². The van der Waals surface area contributed by atoms with Crippen LogP contribution in [-0.2, 0) is 19.1 Å². The number of nitrogens with zero attached hydrogens (tertiary/aromatic N) is 1. The summed E-state index contributed by atoms with van der Waals surface area (Å²) in [4.78, 5) is 26.9. The molecule has 2 bridgehead atoms. The van der Waals surface area contributed by atoms with Crippen LogP contribution in [0.5, 0.6) is 0 Å².